The van der Waals surface area contributed by atoms with Crippen molar-refractivity contribution in [3.8, 4) is 45.9 Å². The van der Waals surface area contributed by atoms with Crippen LogP contribution in [0.25, 0.3) is 19.0 Å². The van der Waals surface area contributed by atoms with E-state index in [2.05, 4.69) is 91.1 Å². The molecule has 0 aromatic rings. The Balaban J connectivity index is -0.0000000635. The Labute approximate surface area is 188 Å². The van der Waals surface area contributed by atoms with Gasteiger partial charge in [0, 0.05) is 0 Å². The van der Waals surface area contributed by atoms with E-state index in [1.54, 1.807) is 27.7 Å². The normalized spacial score (nSPS) is 4.62. The van der Waals surface area contributed by atoms with E-state index in [-0.39, 0.29) is 18.9 Å². The Kier molecular flexibility index (Phi) is 64.6. The summed E-state index contributed by atoms with van der Waals surface area (Å²) in [5, 5.41) is 32.1. The van der Waals surface area contributed by atoms with Gasteiger partial charge >= 0.3 is 25.5 Å². The third-order valence-corrected chi connectivity index (χ3v) is 1.33. The number of rotatable bonds is 0. The minimum Gasteiger partial charge on any atom is -0.649 e. The maximum Gasteiger partial charge on any atom is 1.52 e. The van der Waals surface area contributed by atoms with Gasteiger partial charge < -0.3 is 50.5 Å². The van der Waals surface area contributed by atoms with E-state index in [0.717, 1.165) is 0 Å². The quantitative estimate of drug-likeness (QED) is 0.178. The number of thiocyanates is 4. The van der Waals surface area contributed by atoms with Crippen molar-refractivity contribution in [3.63, 3.8) is 0 Å². The van der Waals surface area contributed by atoms with Crippen molar-refractivity contribution in [1.82, 2.24) is 0 Å². The molecule has 26 heavy (non-hydrogen) atoms. The summed E-state index contributed by atoms with van der Waals surface area (Å²) in [6.45, 7) is 3.83. The van der Waals surface area contributed by atoms with Crippen LogP contribution in [0.1, 0.15) is 27.7 Å². The standard InChI is InChI=1S/C4HBN4S4.4C2H3N.Li/c10-1-6-5(7-2-11,8-3-12)9-4-13;4*1-2-3;/h(H-3,10,11,12,13);4*1H3;/q;;;;;+1/p+3. The molecule has 0 atom stereocenters. The first-order valence-corrected chi connectivity index (χ1v) is 7.38. The zero-order valence-electron chi connectivity index (χ0n) is 15.0. The Bertz CT molecular complexity index is 614. The largest absolute Gasteiger partial charge is 1.52 e. The van der Waals surface area contributed by atoms with Crippen LogP contribution in [0, 0.1) is 45.9 Å². The van der Waals surface area contributed by atoms with Crippen molar-refractivity contribution >= 4 is 57.2 Å². The Morgan fingerprint density at radius 1 is 0.538 bits per heavy atom. The molecule has 0 saturated heterocycles. The molecule has 0 aromatic carbocycles. The summed E-state index contributed by atoms with van der Waals surface area (Å²) < 4.78 is 14.3. The van der Waals surface area contributed by atoms with E-state index in [4.69, 9.17) is 21.0 Å². The van der Waals surface area contributed by atoms with Crippen LogP contribution in [0.4, 0.5) is 0 Å². The molecule has 0 saturated carbocycles. The molecule has 0 aliphatic heterocycles. The molecule has 0 unspecified atom stereocenters. The molecule has 0 amide bonds. The van der Waals surface area contributed by atoms with Gasteiger partial charge in [-0.15, -0.1) is 21.0 Å². The van der Waals surface area contributed by atoms with Crippen molar-refractivity contribution in [1.29, 1.82) is 0 Å². The summed E-state index contributed by atoms with van der Waals surface area (Å²) in [7, 11) is 0. The van der Waals surface area contributed by atoms with Gasteiger partial charge in [-0.3, -0.25) is 0 Å². The summed E-state index contributed by atoms with van der Waals surface area (Å²) in [6.07, 6.45) is 0. The molecule has 0 aromatic heterocycles. The number of hydrogen-bond donors (Lipinski definition) is 4. The summed E-state index contributed by atoms with van der Waals surface area (Å²) in [5.41, 5.74) is 0. The van der Waals surface area contributed by atoms with Crippen molar-refractivity contribution in [2.75, 3.05) is 0 Å². The molecular formula is C12H16BLiN8S4+4. The molecular weight excluding hydrogens is 402 g/mol. The van der Waals surface area contributed by atoms with Crippen molar-refractivity contribution in [3.05, 3.63) is 19.0 Å². The molecule has 0 fully saturated rings. The van der Waals surface area contributed by atoms with Crippen LogP contribution in [0.3, 0.4) is 0 Å². The fourth-order valence-corrected chi connectivity index (χ4v) is 1.02. The fourth-order valence-electron chi connectivity index (χ4n) is 0.456. The smallest absolute Gasteiger partial charge is 0.649 e. The minimum absolute atomic E-state index is 0. The Hall–Kier alpha value is -2.54. The third-order valence-electron chi connectivity index (χ3n) is 0.904. The molecule has 0 bridgehead atoms. The SMILES string of the molecule is CC#[NH+].CC#[NH+].CC#[NH+].CC#[NH+].[Li+].[S-]C#[N+][B-]([N+]#C[S-])([N+]#C[S-])[N+]#C[S-]. The van der Waals surface area contributed by atoms with Crippen molar-refractivity contribution in [2.45, 2.75) is 27.7 Å². The topological polar surface area (TPSA) is 113 Å². The second-order valence-corrected chi connectivity index (χ2v) is 3.30. The van der Waals surface area contributed by atoms with Crippen molar-refractivity contribution < 1.29 is 39.9 Å². The molecule has 4 N–H and O–H groups in total. The van der Waals surface area contributed by atoms with Crippen LogP contribution < -0.4 is 39.9 Å². The number of hydrogen-bond acceptors (Lipinski definition) is 4. The van der Waals surface area contributed by atoms with E-state index >= 15 is 0 Å². The molecule has 0 spiro atoms. The van der Waals surface area contributed by atoms with Crippen LogP contribution in [0.15, 0.2) is 0 Å². The Morgan fingerprint density at radius 3 is 0.731 bits per heavy atom. The average molecular weight is 418 g/mol. The summed E-state index contributed by atoms with van der Waals surface area (Å²) >= 11 is 17.5. The van der Waals surface area contributed by atoms with Crippen LogP contribution >= 0.6 is 0 Å². The summed E-state index contributed by atoms with van der Waals surface area (Å²) in [5.74, 6) is 0. The predicted octanol–water partition coefficient (Wildman–Crippen LogP) is -7.11. The van der Waals surface area contributed by atoms with Gasteiger partial charge in [0.25, 0.3) is 24.3 Å². The zero-order valence-corrected chi connectivity index (χ0v) is 18.3. The Morgan fingerprint density at radius 2 is 0.654 bits per heavy atom. The molecule has 128 valence electrons. The van der Waals surface area contributed by atoms with Gasteiger partial charge in [0.1, 0.15) is 0 Å². The van der Waals surface area contributed by atoms with E-state index < -0.39 is 6.69 Å². The first-order chi connectivity index (χ1) is 11.9. The monoisotopic (exact) mass is 418 g/mol. The van der Waals surface area contributed by atoms with Gasteiger partial charge in [-0.05, 0) is 0 Å². The van der Waals surface area contributed by atoms with Gasteiger partial charge in [0.15, 0.2) is 0 Å². The van der Waals surface area contributed by atoms with E-state index in [1.165, 1.54) is 0 Å². The molecule has 0 aliphatic rings. The maximum atomic E-state index is 5.96. The molecule has 0 radical (unpaired) electrons. The second kappa shape index (κ2) is 43.3. The minimum atomic E-state index is -2.33. The van der Waals surface area contributed by atoms with E-state index in [1.807, 2.05) is 24.3 Å². The molecule has 0 heterocycles. The van der Waals surface area contributed by atoms with Crippen molar-refractivity contribution in [2.24, 2.45) is 0 Å². The maximum absolute atomic E-state index is 5.96. The fraction of sp³-hybridized carbons (Fsp3) is 0.333. The number of nitrogens with zero attached hydrogens (tertiary/aromatic N) is 4. The molecule has 8 nitrogen and oxygen atoms in total. The zero-order chi connectivity index (χ0) is 21.0. The predicted molar refractivity (Wildman–Crippen MR) is 106 cm³/mol. The van der Waals surface area contributed by atoms with E-state index in [9.17, 15) is 0 Å². The van der Waals surface area contributed by atoms with Crippen LogP contribution in [0.2, 0.25) is 0 Å². The van der Waals surface area contributed by atoms with Gasteiger partial charge in [-0.1, -0.05) is 19.0 Å². The second-order valence-electron chi connectivity index (χ2n) is 2.57. The van der Waals surface area contributed by atoms with Crippen LogP contribution in [-0.4, -0.2) is 6.69 Å². The molecule has 0 aliphatic carbocycles. The van der Waals surface area contributed by atoms with E-state index in [0.29, 0.717) is 0 Å². The van der Waals surface area contributed by atoms with Gasteiger partial charge in [-0.2, -0.15) is 0 Å². The average Bonchev–Trinajstić information content (AvgIpc) is 2.51. The van der Waals surface area contributed by atoms with Gasteiger partial charge in [-0.25, -0.2) is 0 Å². The molecule has 0 rings (SSSR count). The number of nitrogens with one attached hydrogen (secondary N) is 4. The summed E-state index contributed by atoms with van der Waals surface area (Å²) in [6, 6.07) is 8.00. The first kappa shape index (κ1) is 38.8. The van der Waals surface area contributed by atoms with Crippen LogP contribution in [-0.2, 0) is 50.5 Å². The van der Waals surface area contributed by atoms with Crippen LogP contribution in [0.5, 0.6) is 0 Å². The third kappa shape index (κ3) is 49.6. The van der Waals surface area contributed by atoms with Gasteiger partial charge in [0.05, 0.1) is 49.3 Å². The first-order valence-electron chi connectivity index (χ1n) is 5.74. The molecule has 14 heteroatoms. The van der Waals surface area contributed by atoms with Gasteiger partial charge in [0.2, 0.25) is 0 Å². The summed E-state index contributed by atoms with van der Waals surface area (Å²) in [4.78, 5) is 0.